The molecule has 34 heavy (non-hydrogen) atoms. The molecule has 0 radical (unpaired) electrons. The van der Waals surface area contributed by atoms with E-state index in [9.17, 15) is 25.0 Å². The summed E-state index contributed by atoms with van der Waals surface area (Å²) in [6.07, 6.45) is 0. The van der Waals surface area contributed by atoms with Crippen molar-refractivity contribution in [1.29, 1.82) is 0 Å². The number of nitro benzene ring substituents is 2. The van der Waals surface area contributed by atoms with Gasteiger partial charge in [-0.05, 0) is 31.0 Å². The Morgan fingerprint density at radius 2 is 1.71 bits per heavy atom. The molecule has 2 heterocycles. The summed E-state index contributed by atoms with van der Waals surface area (Å²) < 4.78 is 1.18. The lowest BCUT2D eigenvalue weighted by Crippen LogP contribution is -2.48. The Balaban J connectivity index is 1.30. The Labute approximate surface area is 199 Å². The predicted molar refractivity (Wildman–Crippen MR) is 130 cm³/mol. The van der Waals surface area contributed by atoms with E-state index in [1.807, 2.05) is 0 Å². The maximum absolute atomic E-state index is 12.4. The van der Waals surface area contributed by atoms with Crippen molar-refractivity contribution in [2.75, 3.05) is 44.2 Å². The number of fused-ring (bicyclic) bond motifs is 1. The average molecular weight is 485 g/mol. The molecular weight excluding hydrogens is 460 g/mol. The number of aryl methyl sites for hydroxylation is 2. The van der Waals surface area contributed by atoms with Crippen LogP contribution in [0.1, 0.15) is 21.5 Å². The molecule has 178 valence electrons. The van der Waals surface area contributed by atoms with Crippen LogP contribution in [0.2, 0.25) is 0 Å². The molecule has 0 bridgehead atoms. The van der Waals surface area contributed by atoms with E-state index in [2.05, 4.69) is 41.1 Å². The van der Waals surface area contributed by atoms with Gasteiger partial charge in [0.1, 0.15) is 0 Å². The molecule has 0 saturated carbocycles. The van der Waals surface area contributed by atoms with Crippen LogP contribution in [0.4, 0.5) is 16.5 Å². The summed E-state index contributed by atoms with van der Waals surface area (Å²) in [7, 11) is 0. The van der Waals surface area contributed by atoms with Crippen LogP contribution in [-0.2, 0) is 0 Å². The first kappa shape index (κ1) is 23.5. The van der Waals surface area contributed by atoms with Crippen molar-refractivity contribution in [3.63, 3.8) is 0 Å². The largest absolute Gasteiger partial charge is 0.351 e. The third-order valence-electron chi connectivity index (χ3n) is 6.02. The van der Waals surface area contributed by atoms with Crippen LogP contribution in [0.25, 0.3) is 10.2 Å². The Morgan fingerprint density at radius 3 is 2.32 bits per heavy atom. The fourth-order valence-electron chi connectivity index (χ4n) is 3.88. The van der Waals surface area contributed by atoms with Gasteiger partial charge >= 0.3 is 0 Å². The molecule has 1 aliphatic rings. The van der Waals surface area contributed by atoms with E-state index in [-0.39, 0.29) is 5.56 Å². The number of amides is 1. The molecule has 1 amide bonds. The summed E-state index contributed by atoms with van der Waals surface area (Å²) in [5.41, 5.74) is 2.42. The number of anilines is 1. The van der Waals surface area contributed by atoms with E-state index in [1.54, 1.807) is 11.3 Å². The second-order valence-electron chi connectivity index (χ2n) is 8.19. The summed E-state index contributed by atoms with van der Waals surface area (Å²) in [5, 5.41) is 25.8. The molecule has 1 saturated heterocycles. The number of nitrogens with one attached hydrogen (secondary N) is 1. The highest BCUT2D eigenvalue weighted by molar-refractivity contribution is 7.22. The number of carbonyl (C=O) groups is 1. The standard InChI is InChI=1S/C22H24N6O5S/c1-14-3-4-19-20(15(14)2)24-22(34-19)26-9-7-25(8-10-26)6-5-23-21(29)16-11-17(27(30)31)13-18(12-16)28(32)33/h3-4,11-13H,5-10H2,1-2H3,(H,23,29). The van der Waals surface area contributed by atoms with Gasteiger partial charge in [-0.15, -0.1) is 0 Å². The molecule has 1 aliphatic heterocycles. The van der Waals surface area contributed by atoms with Gasteiger partial charge < -0.3 is 10.2 Å². The summed E-state index contributed by atoms with van der Waals surface area (Å²) in [6, 6.07) is 7.17. The topological polar surface area (TPSA) is 135 Å². The van der Waals surface area contributed by atoms with E-state index in [0.29, 0.717) is 13.1 Å². The van der Waals surface area contributed by atoms with Crippen molar-refractivity contribution < 1.29 is 14.6 Å². The lowest BCUT2D eigenvalue weighted by Gasteiger charge is -2.34. The van der Waals surface area contributed by atoms with Crippen LogP contribution in [0, 0.1) is 34.1 Å². The lowest BCUT2D eigenvalue weighted by atomic mass is 10.1. The Kier molecular flexibility index (Phi) is 6.70. The predicted octanol–water partition coefficient (Wildman–Crippen LogP) is 3.28. The third kappa shape index (κ3) is 4.97. The Bertz CT molecular complexity index is 1240. The number of carbonyl (C=O) groups excluding carboxylic acids is 1. The molecule has 1 aromatic heterocycles. The van der Waals surface area contributed by atoms with Crippen LogP contribution in [0.3, 0.4) is 0 Å². The minimum atomic E-state index is -0.753. The van der Waals surface area contributed by atoms with Gasteiger partial charge in [0.05, 0.1) is 31.7 Å². The number of thiazole rings is 1. The van der Waals surface area contributed by atoms with E-state index in [0.717, 1.165) is 55.0 Å². The van der Waals surface area contributed by atoms with Crippen molar-refractivity contribution >= 4 is 44.0 Å². The maximum Gasteiger partial charge on any atom is 0.277 e. The highest BCUT2D eigenvalue weighted by atomic mass is 32.1. The number of hydrogen-bond acceptors (Lipinski definition) is 9. The zero-order valence-electron chi connectivity index (χ0n) is 18.8. The quantitative estimate of drug-likeness (QED) is 0.399. The van der Waals surface area contributed by atoms with Gasteiger partial charge in [-0.1, -0.05) is 17.4 Å². The van der Waals surface area contributed by atoms with Crippen LogP contribution in [-0.4, -0.2) is 64.9 Å². The van der Waals surface area contributed by atoms with Gasteiger partial charge in [-0.2, -0.15) is 0 Å². The second kappa shape index (κ2) is 9.69. The molecule has 0 spiro atoms. The van der Waals surface area contributed by atoms with Crippen molar-refractivity contribution in [3.05, 3.63) is 67.3 Å². The smallest absolute Gasteiger partial charge is 0.277 e. The normalized spacial score (nSPS) is 14.4. The van der Waals surface area contributed by atoms with Crippen molar-refractivity contribution in [2.45, 2.75) is 13.8 Å². The van der Waals surface area contributed by atoms with E-state index < -0.39 is 27.1 Å². The minimum Gasteiger partial charge on any atom is -0.351 e. The van der Waals surface area contributed by atoms with Crippen LogP contribution in [0.15, 0.2) is 30.3 Å². The highest BCUT2D eigenvalue weighted by Gasteiger charge is 2.22. The number of nitro groups is 2. The Hall–Kier alpha value is -3.64. The molecule has 1 N–H and O–H groups in total. The van der Waals surface area contributed by atoms with Crippen LogP contribution >= 0.6 is 11.3 Å². The van der Waals surface area contributed by atoms with Gasteiger partial charge in [0.15, 0.2) is 5.13 Å². The zero-order valence-corrected chi connectivity index (χ0v) is 19.6. The molecular formula is C22H24N6O5S. The van der Waals surface area contributed by atoms with Gasteiger partial charge in [0.2, 0.25) is 0 Å². The van der Waals surface area contributed by atoms with Gasteiger partial charge in [0, 0.05) is 51.4 Å². The molecule has 0 atom stereocenters. The molecule has 3 aromatic rings. The zero-order chi connectivity index (χ0) is 24.4. The first-order chi connectivity index (χ1) is 16.2. The van der Waals surface area contributed by atoms with E-state index in [1.165, 1.54) is 15.8 Å². The molecule has 0 unspecified atom stereocenters. The molecule has 0 aliphatic carbocycles. The second-order valence-corrected chi connectivity index (χ2v) is 9.20. The van der Waals surface area contributed by atoms with E-state index in [4.69, 9.17) is 4.98 Å². The molecule has 12 heteroatoms. The van der Waals surface area contributed by atoms with Crippen LogP contribution < -0.4 is 10.2 Å². The number of aromatic nitrogens is 1. The monoisotopic (exact) mass is 484 g/mol. The maximum atomic E-state index is 12.4. The van der Waals surface area contributed by atoms with Gasteiger partial charge in [0.25, 0.3) is 17.3 Å². The molecule has 1 fully saturated rings. The Morgan fingerprint density at radius 1 is 1.06 bits per heavy atom. The number of piperazine rings is 1. The first-order valence-corrected chi connectivity index (χ1v) is 11.6. The number of benzene rings is 2. The number of hydrogen-bond donors (Lipinski definition) is 1. The summed E-state index contributed by atoms with van der Waals surface area (Å²) in [4.78, 5) is 42.3. The lowest BCUT2D eigenvalue weighted by molar-refractivity contribution is -0.394. The van der Waals surface area contributed by atoms with Crippen molar-refractivity contribution in [3.8, 4) is 0 Å². The number of rotatable bonds is 7. The summed E-state index contributed by atoms with van der Waals surface area (Å²) in [5.74, 6) is -0.578. The molecule has 4 rings (SSSR count). The van der Waals surface area contributed by atoms with Gasteiger partial charge in [-0.3, -0.25) is 29.9 Å². The summed E-state index contributed by atoms with van der Waals surface area (Å²) in [6.45, 7) is 8.39. The highest BCUT2D eigenvalue weighted by Crippen LogP contribution is 2.32. The average Bonchev–Trinajstić information content (AvgIpc) is 3.26. The SMILES string of the molecule is Cc1ccc2sc(N3CCN(CCNC(=O)c4cc([N+](=O)[O-])cc([N+](=O)[O-])c4)CC3)nc2c1C. The molecule has 11 nitrogen and oxygen atoms in total. The number of non-ortho nitro benzene ring substituents is 2. The summed E-state index contributed by atoms with van der Waals surface area (Å²) >= 11 is 1.70. The first-order valence-electron chi connectivity index (χ1n) is 10.8. The van der Waals surface area contributed by atoms with Crippen molar-refractivity contribution in [1.82, 2.24) is 15.2 Å². The molecule has 2 aromatic carbocycles. The number of nitrogens with zero attached hydrogens (tertiary/aromatic N) is 5. The van der Waals surface area contributed by atoms with Gasteiger partial charge in [-0.25, -0.2) is 4.98 Å². The van der Waals surface area contributed by atoms with Crippen molar-refractivity contribution in [2.24, 2.45) is 0 Å². The minimum absolute atomic E-state index is 0.105. The fraction of sp³-hybridized carbons (Fsp3) is 0.364. The third-order valence-corrected chi connectivity index (χ3v) is 7.10. The fourth-order valence-corrected chi connectivity index (χ4v) is 4.96. The van der Waals surface area contributed by atoms with Crippen LogP contribution in [0.5, 0.6) is 0 Å². The van der Waals surface area contributed by atoms with E-state index >= 15 is 0 Å².